The van der Waals surface area contributed by atoms with Gasteiger partial charge in [-0.25, -0.2) is 9.18 Å². The van der Waals surface area contributed by atoms with Crippen LogP contribution in [0.25, 0.3) is 10.9 Å². The highest BCUT2D eigenvalue weighted by Crippen LogP contribution is 2.36. The Morgan fingerprint density at radius 3 is 2.67 bits per heavy atom. The van der Waals surface area contributed by atoms with Gasteiger partial charge in [0.1, 0.15) is 17.2 Å². The molecule has 5 nitrogen and oxygen atoms in total. The smallest absolute Gasteiger partial charge is 0.342 e. The van der Waals surface area contributed by atoms with Gasteiger partial charge in [-0.05, 0) is 58.4 Å². The predicted molar refractivity (Wildman–Crippen MR) is 127 cm³/mol. The standard InChI is InChI=1S/C22H17FIN3O2S/c1-13(2)27(16-6-5-15(8-9-30-24)18(23)11-16)21-20(22(28)29-3)17-7-4-14(12-25)10-19(17)26-21/h4-7,10-11,13,26H,1-3H3. The lowest BCUT2D eigenvalue weighted by Crippen LogP contribution is -2.27. The third-order valence-electron chi connectivity index (χ3n) is 4.51. The summed E-state index contributed by atoms with van der Waals surface area (Å²) in [5.74, 6) is 2.28. The third kappa shape index (κ3) is 4.25. The van der Waals surface area contributed by atoms with Gasteiger partial charge < -0.3 is 14.6 Å². The van der Waals surface area contributed by atoms with Gasteiger partial charge in [0.05, 0.1) is 24.3 Å². The fourth-order valence-corrected chi connectivity index (χ4v) is 3.74. The van der Waals surface area contributed by atoms with Crippen LogP contribution in [0.5, 0.6) is 0 Å². The minimum atomic E-state index is -0.520. The largest absolute Gasteiger partial charge is 0.465 e. The van der Waals surface area contributed by atoms with Gasteiger partial charge in [-0.3, -0.25) is 0 Å². The summed E-state index contributed by atoms with van der Waals surface area (Å²) in [7, 11) is 2.60. The Balaban J connectivity index is 2.23. The van der Waals surface area contributed by atoms with Crippen molar-refractivity contribution in [3.63, 3.8) is 0 Å². The topological polar surface area (TPSA) is 69.1 Å². The van der Waals surface area contributed by atoms with Crippen molar-refractivity contribution in [1.82, 2.24) is 4.98 Å². The fourth-order valence-electron chi connectivity index (χ4n) is 3.26. The molecule has 0 unspecified atom stereocenters. The summed E-state index contributed by atoms with van der Waals surface area (Å²) in [5, 5.41) is 12.6. The zero-order chi connectivity index (χ0) is 21.8. The summed E-state index contributed by atoms with van der Waals surface area (Å²) >= 11 is 2.03. The molecule has 0 spiro atoms. The summed E-state index contributed by atoms with van der Waals surface area (Å²) in [6.07, 6.45) is 0. The van der Waals surface area contributed by atoms with Crippen molar-refractivity contribution in [3.05, 3.63) is 58.9 Å². The average molecular weight is 533 g/mol. The molecule has 152 valence electrons. The molecule has 1 aromatic heterocycles. The Kier molecular flexibility index (Phi) is 6.91. The molecule has 2 aromatic carbocycles. The van der Waals surface area contributed by atoms with Crippen LogP contribution >= 0.6 is 30.1 Å². The summed E-state index contributed by atoms with van der Waals surface area (Å²) in [5.41, 5.74) is 2.28. The second-order valence-electron chi connectivity index (χ2n) is 6.64. The molecule has 1 N–H and O–H groups in total. The molecule has 0 atom stereocenters. The van der Waals surface area contributed by atoms with Crippen LogP contribution in [0.3, 0.4) is 0 Å². The van der Waals surface area contributed by atoms with Crippen molar-refractivity contribution < 1.29 is 13.9 Å². The number of fused-ring (bicyclic) bond motifs is 1. The molecule has 0 fully saturated rings. The van der Waals surface area contributed by atoms with Gasteiger partial charge in [-0.2, -0.15) is 5.26 Å². The minimum absolute atomic E-state index is 0.113. The van der Waals surface area contributed by atoms with E-state index in [9.17, 15) is 14.4 Å². The van der Waals surface area contributed by atoms with Gasteiger partial charge in [0.25, 0.3) is 0 Å². The Morgan fingerprint density at radius 2 is 2.07 bits per heavy atom. The van der Waals surface area contributed by atoms with E-state index in [4.69, 9.17) is 4.74 Å². The third-order valence-corrected chi connectivity index (χ3v) is 5.35. The molecule has 0 radical (unpaired) electrons. The van der Waals surface area contributed by atoms with Gasteiger partial charge in [-0.15, -0.1) is 0 Å². The lowest BCUT2D eigenvalue weighted by atomic mass is 10.1. The molecule has 0 saturated heterocycles. The van der Waals surface area contributed by atoms with E-state index in [1.54, 1.807) is 30.3 Å². The number of benzene rings is 2. The lowest BCUT2D eigenvalue weighted by Gasteiger charge is -2.28. The van der Waals surface area contributed by atoms with Gasteiger partial charge in [0.15, 0.2) is 0 Å². The number of halogens is 2. The first-order chi connectivity index (χ1) is 14.4. The van der Waals surface area contributed by atoms with Gasteiger partial charge in [0, 0.05) is 43.8 Å². The number of nitriles is 1. The van der Waals surface area contributed by atoms with Crippen LogP contribution in [0.4, 0.5) is 15.9 Å². The summed E-state index contributed by atoms with van der Waals surface area (Å²) in [4.78, 5) is 17.7. The van der Waals surface area contributed by atoms with E-state index in [-0.39, 0.29) is 6.04 Å². The number of aromatic nitrogens is 1. The van der Waals surface area contributed by atoms with E-state index in [1.165, 1.54) is 22.1 Å². The van der Waals surface area contributed by atoms with Crippen molar-refractivity contribution in [2.45, 2.75) is 19.9 Å². The molecule has 3 rings (SSSR count). The first-order valence-electron chi connectivity index (χ1n) is 8.92. The van der Waals surface area contributed by atoms with Gasteiger partial charge in [-0.1, -0.05) is 12.0 Å². The Morgan fingerprint density at radius 1 is 1.30 bits per heavy atom. The van der Waals surface area contributed by atoms with E-state index in [0.717, 1.165) is 0 Å². The van der Waals surface area contributed by atoms with Crippen molar-refractivity contribution in [1.29, 1.82) is 5.26 Å². The molecular formula is C22H17FIN3O2S. The number of nitrogens with one attached hydrogen (secondary N) is 1. The number of nitrogens with zero attached hydrogens (tertiary/aromatic N) is 2. The molecule has 0 bridgehead atoms. The first kappa shape index (κ1) is 22.0. The van der Waals surface area contributed by atoms with Crippen LogP contribution in [0.2, 0.25) is 0 Å². The number of esters is 1. The minimum Gasteiger partial charge on any atom is -0.465 e. The van der Waals surface area contributed by atoms with Crippen LogP contribution in [-0.2, 0) is 4.74 Å². The monoisotopic (exact) mass is 533 g/mol. The molecule has 0 aliphatic heterocycles. The van der Waals surface area contributed by atoms with Crippen LogP contribution in [0.15, 0.2) is 36.4 Å². The quantitative estimate of drug-likeness (QED) is 0.257. The number of H-pyrrole nitrogens is 1. The number of carbonyl (C=O) groups is 1. The normalized spacial score (nSPS) is 10.4. The van der Waals surface area contributed by atoms with Crippen LogP contribution in [-0.4, -0.2) is 24.1 Å². The van der Waals surface area contributed by atoms with E-state index in [1.807, 2.05) is 40.0 Å². The summed E-state index contributed by atoms with van der Waals surface area (Å²) in [6.45, 7) is 3.87. The molecule has 3 aromatic rings. The Labute approximate surface area is 190 Å². The second-order valence-corrected chi connectivity index (χ2v) is 8.32. The van der Waals surface area contributed by atoms with Crippen LogP contribution < -0.4 is 4.90 Å². The van der Waals surface area contributed by atoms with E-state index in [0.29, 0.717) is 39.1 Å². The number of anilines is 2. The number of carbonyl (C=O) groups excluding carboxylic acids is 1. The maximum atomic E-state index is 14.7. The van der Waals surface area contributed by atoms with Crippen LogP contribution in [0, 0.1) is 28.3 Å². The maximum Gasteiger partial charge on any atom is 0.342 e. The average Bonchev–Trinajstić information content (AvgIpc) is 3.10. The number of aromatic amines is 1. The maximum absolute atomic E-state index is 14.7. The zero-order valence-electron chi connectivity index (χ0n) is 16.4. The van der Waals surface area contributed by atoms with E-state index in [2.05, 4.69) is 22.2 Å². The predicted octanol–water partition coefficient (Wildman–Crippen LogP) is 5.90. The molecule has 0 saturated carbocycles. The molecule has 1 heterocycles. The number of rotatable bonds is 4. The van der Waals surface area contributed by atoms with Crippen molar-refractivity contribution in [2.75, 3.05) is 12.0 Å². The SMILES string of the molecule is COC(=O)c1c(N(c2ccc(C#CSI)c(F)c2)C(C)C)[nH]c2cc(C#N)ccc12. The van der Waals surface area contributed by atoms with Crippen molar-refractivity contribution in [3.8, 4) is 17.2 Å². The number of hydrogen-bond donors (Lipinski definition) is 1. The fraction of sp³-hybridized carbons (Fsp3) is 0.182. The summed E-state index contributed by atoms with van der Waals surface area (Å²) in [6, 6.07) is 11.8. The second kappa shape index (κ2) is 9.41. The number of methoxy groups -OCH3 is 1. The molecule has 0 aliphatic rings. The Hall–Kier alpha value is -2.69. The zero-order valence-corrected chi connectivity index (χ0v) is 19.4. The first-order valence-corrected chi connectivity index (χ1v) is 12.3. The van der Waals surface area contributed by atoms with Crippen molar-refractivity contribution in [2.24, 2.45) is 0 Å². The van der Waals surface area contributed by atoms with E-state index >= 15 is 0 Å². The molecule has 0 amide bonds. The molecule has 0 aliphatic carbocycles. The van der Waals surface area contributed by atoms with Gasteiger partial charge >= 0.3 is 5.97 Å². The Bertz CT molecular complexity index is 1220. The highest BCUT2D eigenvalue weighted by atomic mass is 127. The van der Waals surface area contributed by atoms with Gasteiger partial charge in [0.2, 0.25) is 0 Å². The number of hydrogen-bond acceptors (Lipinski definition) is 5. The molecular weight excluding hydrogens is 516 g/mol. The molecule has 30 heavy (non-hydrogen) atoms. The molecule has 8 heteroatoms. The van der Waals surface area contributed by atoms with Crippen LogP contribution in [0.1, 0.15) is 35.3 Å². The highest BCUT2D eigenvalue weighted by molar-refractivity contribution is 14.2. The highest BCUT2D eigenvalue weighted by Gasteiger charge is 2.26. The lowest BCUT2D eigenvalue weighted by molar-refractivity contribution is 0.0604. The van der Waals surface area contributed by atoms with Crippen molar-refractivity contribution >= 4 is 58.5 Å². The number of ether oxygens (including phenoxy) is 1. The summed E-state index contributed by atoms with van der Waals surface area (Å²) < 4.78 is 19.7. The van der Waals surface area contributed by atoms with E-state index < -0.39 is 11.8 Å².